The van der Waals surface area contributed by atoms with E-state index in [0.717, 1.165) is 5.56 Å². The summed E-state index contributed by atoms with van der Waals surface area (Å²) in [6, 6.07) is 10.7. The molecule has 0 aliphatic rings. The summed E-state index contributed by atoms with van der Waals surface area (Å²) in [5, 5.41) is 4.05. The fraction of sp³-hybridized carbons (Fsp3) is 0.308. The van der Waals surface area contributed by atoms with Crippen LogP contribution in [-0.2, 0) is 22.3 Å². The van der Waals surface area contributed by atoms with Gasteiger partial charge < -0.3 is 0 Å². The first-order chi connectivity index (χ1) is 9.05. The zero-order valence-electron chi connectivity index (χ0n) is 10.7. The van der Waals surface area contributed by atoms with Gasteiger partial charge in [-0.3, -0.25) is 4.68 Å². The van der Waals surface area contributed by atoms with Crippen molar-refractivity contribution in [2.45, 2.75) is 25.3 Å². The molecule has 5 nitrogen and oxygen atoms in total. The zero-order valence-corrected chi connectivity index (χ0v) is 11.5. The van der Waals surface area contributed by atoms with Gasteiger partial charge in [0, 0.05) is 18.4 Å². The van der Waals surface area contributed by atoms with Crippen molar-refractivity contribution in [2.75, 3.05) is 0 Å². The summed E-state index contributed by atoms with van der Waals surface area (Å²) in [7, 11) is -3.33. The highest BCUT2D eigenvalue weighted by Crippen LogP contribution is 2.05. The fourth-order valence-electron chi connectivity index (χ4n) is 1.87. The molecule has 1 N–H and O–H groups in total. The molecule has 0 fully saturated rings. The van der Waals surface area contributed by atoms with Crippen molar-refractivity contribution in [1.82, 2.24) is 14.5 Å². The van der Waals surface area contributed by atoms with Gasteiger partial charge in [-0.1, -0.05) is 30.3 Å². The van der Waals surface area contributed by atoms with E-state index in [1.165, 1.54) is 0 Å². The maximum atomic E-state index is 12.0. The molecule has 2 aromatic rings. The molecular formula is C13H17N3O2S. The van der Waals surface area contributed by atoms with Crippen LogP contribution < -0.4 is 4.72 Å². The Balaban J connectivity index is 1.93. The van der Waals surface area contributed by atoms with E-state index in [1.807, 2.05) is 37.4 Å². The van der Waals surface area contributed by atoms with Gasteiger partial charge in [0.1, 0.15) is 0 Å². The Bertz CT molecular complexity index is 594. The molecule has 6 heteroatoms. The maximum Gasteiger partial charge on any atom is 0.216 e. The number of hydrogen-bond donors (Lipinski definition) is 1. The standard InChI is InChI=1S/C13H17N3O2S/c1-12(10-16-9-5-8-14-16)15-19(17,18)11-13-6-3-2-4-7-13/h2-9,12,15H,10-11H2,1H3. The van der Waals surface area contributed by atoms with Gasteiger partial charge in [0.15, 0.2) is 0 Å². The van der Waals surface area contributed by atoms with E-state index in [-0.39, 0.29) is 11.8 Å². The lowest BCUT2D eigenvalue weighted by atomic mass is 10.2. The van der Waals surface area contributed by atoms with Crippen molar-refractivity contribution in [3.05, 3.63) is 54.4 Å². The van der Waals surface area contributed by atoms with E-state index in [1.54, 1.807) is 23.0 Å². The van der Waals surface area contributed by atoms with Crippen LogP contribution in [0, 0.1) is 0 Å². The Morgan fingerprint density at radius 2 is 2.00 bits per heavy atom. The van der Waals surface area contributed by atoms with E-state index < -0.39 is 10.0 Å². The van der Waals surface area contributed by atoms with E-state index in [2.05, 4.69) is 9.82 Å². The summed E-state index contributed by atoms with van der Waals surface area (Å²) in [6.45, 7) is 2.34. The van der Waals surface area contributed by atoms with Crippen molar-refractivity contribution in [3.8, 4) is 0 Å². The second-order valence-corrected chi connectivity index (χ2v) is 6.25. The van der Waals surface area contributed by atoms with E-state index in [9.17, 15) is 8.42 Å². The van der Waals surface area contributed by atoms with Crippen molar-refractivity contribution >= 4 is 10.0 Å². The van der Waals surface area contributed by atoms with Gasteiger partial charge in [-0.2, -0.15) is 5.10 Å². The van der Waals surface area contributed by atoms with Crippen LogP contribution in [-0.4, -0.2) is 24.2 Å². The van der Waals surface area contributed by atoms with E-state index in [0.29, 0.717) is 6.54 Å². The SMILES string of the molecule is CC(Cn1cccn1)NS(=O)(=O)Cc1ccccc1. The molecule has 0 bridgehead atoms. The number of sulfonamides is 1. The molecule has 2 rings (SSSR count). The molecule has 0 amide bonds. The first-order valence-electron chi connectivity index (χ1n) is 6.06. The summed E-state index contributed by atoms with van der Waals surface area (Å²) >= 11 is 0. The second kappa shape index (κ2) is 5.99. The number of rotatable bonds is 6. The predicted molar refractivity (Wildman–Crippen MR) is 73.9 cm³/mol. The first-order valence-corrected chi connectivity index (χ1v) is 7.72. The van der Waals surface area contributed by atoms with Crippen LogP contribution in [0.3, 0.4) is 0 Å². The Hall–Kier alpha value is -1.66. The maximum absolute atomic E-state index is 12.0. The molecule has 0 radical (unpaired) electrons. The minimum Gasteiger partial charge on any atom is -0.271 e. The van der Waals surface area contributed by atoms with E-state index in [4.69, 9.17) is 0 Å². The average molecular weight is 279 g/mol. The van der Waals surface area contributed by atoms with Gasteiger partial charge in [0.2, 0.25) is 10.0 Å². The molecule has 0 saturated carbocycles. The van der Waals surface area contributed by atoms with Crippen molar-refractivity contribution in [1.29, 1.82) is 0 Å². The lowest BCUT2D eigenvalue weighted by molar-refractivity contribution is 0.493. The van der Waals surface area contributed by atoms with E-state index >= 15 is 0 Å². The first kappa shape index (κ1) is 13.8. The number of nitrogens with one attached hydrogen (secondary N) is 1. The number of hydrogen-bond acceptors (Lipinski definition) is 3. The predicted octanol–water partition coefficient (Wildman–Crippen LogP) is 1.39. The molecular weight excluding hydrogens is 262 g/mol. The molecule has 19 heavy (non-hydrogen) atoms. The van der Waals surface area contributed by atoms with Gasteiger partial charge in [0.25, 0.3) is 0 Å². The molecule has 1 aromatic heterocycles. The highest BCUT2D eigenvalue weighted by atomic mass is 32.2. The van der Waals surface area contributed by atoms with Gasteiger partial charge in [-0.05, 0) is 18.6 Å². The lowest BCUT2D eigenvalue weighted by Gasteiger charge is -2.14. The molecule has 1 heterocycles. The Morgan fingerprint density at radius 1 is 1.26 bits per heavy atom. The second-order valence-electron chi connectivity index (χ2n) is 4.49. The van der Waals surface area contributed by atoms with Crippen LogP contribution in [0.25, 0.3) is 0 Å². The molecule has 1 atom stereocenters. The van der Waals surface area contributed by atoms with Gasteiger partial charge in [-0.25, -0.2) is 13.1 Å². The van der Waals surface area contributed by atoms with Crippen molar-refractivity contribution in [3.63, 3.8) is 0 Å². The van der Waals surface area contributed by atoms with Crippen molar-refractivity contribution in [2.24, 2.45) is 0 Å². The van der Waals surface area contributed by atoms with Crippen LogP contribution in [0.1, 0.15) is 12.5 Å². The smallest absolute Gasteiger partial charge is 0.216 e. The van der Waals surface area contributed by atoms with Crippen molar-refractivity contribution < 1.29 is 8.42 Å². The molecule has 102 valence electrons. The number of benzene rings is 1. The normalized spacial score (nSPS) is 13.3. The summed E-state index contributed by atoms with van der Waals surface area (Å²) in [6.07, 6.45) is 3.48. The molecule has 0 spiro atoms. The van der Waals surface area contributed by atoms with Crippen LogP contribution in [0.4, 0.5) is 0 Å². The minimum atomic E-state index is -3.33. The average Bonchev–Trinajstić information content (AvgIpc) is 2.81. The third-order valence-electron chi connectivity index (χ3n) is 2.60. The summed E-state index contributed by atoms with van der Waals surface area (Å²) in [5.74, 6) is -0.00269. The number of aromatic nitrogens is 2. The molecule has 0 saturated heterocycles. The largest absolute Gasteiger partial charge is 0.271 e. The monoisotopic (exact) mass is 279 g/mol. The van der Waals surface area contributed by atoms with Gasteiger partial charge in [-0.15, -0.1) is 0 Å². The Kier molecular flexibility index (Phi) is 4.34. The minimum absolute atomic E-state index is 0.00269. The van der Waals surface area contributed by atoms with Crippen LogP contribution in [0.5, 0.6) is 0 Å². The Morgan fingerprint density at radius 3 is 2.63 bits per heavy atom. The summed E-state index contributed by atoms with van der Waals surface area (Å²) in [5.41, 5.74) is 0.779. The molecule has 0 aliphatic carbocycles. The summed E-state index contributed by atoms with van der Waals surface area (Å²) < 4.78 is 28.4. The third kappa shape index (κ3) is 4.50. The zero-order chi connectivity index (χ0) is 13.7. The van der Waals surface area contributed by atoms with Crippen LogP contribution in [0.2, 0.25) is 0 Å². The Labute approximate surface area is 113 Å². The quantitative estimate of drug-likeness (QED) is 0.869. The third-order valence-corrected chi connectivity index (χ3v) is 4.08. The molecule has 1 unspecified atom stereocenters. The lowest BCUT2D eigenvalue weighted by Crippen LogP contribution is -2.36. The topological polar surface area (TPSA) is 64.0 Å². The fourth-order valence-corrected chi connectivity index (χ4v) is 3.27. The molecule has 1 aromatic carbocycles. The number of nitrogens with zero attached hydrogens (tertiary/aromatic N) is 2. The summed E-state index contributed by atoms with van der Waals surface area (Å²) in [4.78, 5) is 0. The van der Waals surface area contributed by atoms with Gasteiger partial charge >= 0.3 is 0 Å². The van der Waals surface area contributed by atoms with Gasteiger partial charge in [0.05, 0.1) is 12.3 Å². The highest BCUT2D eigenvalue weighted by Gasteiger charge is 2.15. The highest BCUT2D eigenvalue weighted by molar-refractivity contribution is 7.88. The molecule has 0 aliphatic heterocycles. The van der Waals surface area contributed by atoms with Crippen LogP contribution in [0.15, 0.2) is 48.8 Å². The van der Waals surface area contributed by atoms with Crippen LogP contribution >= 0.6 is 0 Å².